The summed E-state index contributed by atoms with van der Waals surface area (Å²) in [6.45, 7) is 0. The fourth-order valence-corrected chi connectivity index (χ4v) is 3.77. The molecule has 0 atom stereocenters. The second-order valence-electron chi connectivity index (χ2n) is 4.66. The lowest BCUT2D eigenvalue weighted by Gasteiger charge is -2.23. The van der Waals surface area contributed by atoms with Crippen molar-refractivity contribution in [3.63, 3.8) is 0 Å². The highest BCUT2D eigenvalue weighted by atomic mass is 79.9. The molecule has 3 nitrogen and oxygen atoms in total. The van der Waals surface area contributed by atoms with Crippen LogP contribution in [-0.4, -0.2) is 10.3 Å². The van der Waals surface area contributed by atoms with Gasteiger partial charge in [-0.2, -0.15) is 0 Å². The second kappa shape index (κ2) is 6.48. The van der Waals surface area contributed by atoms with E-state index in [9.17, 15) is 10.1 Å². The van der Waals surface area contributed by atoms with Crippen molar-refractivity contribution in [2.75, 3.05) is 5.33 Å². The molecule has 1 heterocycles. The van der Waals surface area contributed by atoms with Gasteiger partial charge in [-0.1, -0.05) is 58.2 Å². The molecule has 0 amide bonds. The van der Waals surface area contributed by atoms with Gasteiger partial charge in [0, 0.05) is 16.8 Å². The van der Waals surface area contributed by atoms with Crippen molar-refractivity contribution in [3.8, 4) is 0 Å². The average molecular weight is 330 g/mol. The van der Waals surface area contributed by atoms with Gasteiger partial charge in [-0.3, -0.25) is 10.1 Å². The van der Waals surface area contributed by atoms with Crippen LogP contribution in [0.4, 0.5) is 5.00 Å². The molecule has 1 aromatic rings. The molecule has 0 unspecified atom stereocenters. The number of rotatable bonds is 4. The quantitative estimate of drug-likeness (QED) is 0.442. The van der Waals surface area contributed by atoms with Crippen LogP contribution >= 0.6 is 27.3 Å². The van der Waals surface area contributed by atoms with Gasteiger partial charge >= 0.3 is 5.00 Å². The van der Waals surface area contributed by atoms with Gasteiger partial charge < -0.3 is 0 Å². The van der Waals surface area contributed by atoms with E-state index < -0.39 is 0 Å². The number of hydrogen-bond acceptors (Lipinski definition) is 3. The van der Waals surface area contributed by atoms with Crippen molar-refractivity contribution in [1.29, 1.82) is 0 Å². The molecule has 0 spiro atoms. The smallest absolute Gasteiger partial charge is 0.258 e. The molecule has 98 valence electrons. The number of halogens is 1. The van der Waals surface area contributed by atoms with Crippen LogP contribution in [0.15, 0.2) is 17.0 Å². The van der Waals surface area contributed by atoms with E-state index in [1.54, 1.807) is 6.07 Å². The number of allylic oxidation sites excluding steroid dienone is 1. The summed E-state index contributed by atoms with van der Waals surface area (Å²) < 4.78 is 0. The van der Waals surface area contributed by atoms with Gasteiger partial charge in [0.05, 0.1) is 4.92 Å². The third-order valence-electron chi connectivity index (χ3n) is 3.42. The molecular formula is C13H16BrNO2S. The molecule has 1 aliphatic rings. The summed E-state index contributed by atoms with van der Waals surface area (Å²) in [5.74, 6) is 0.650. The predicted octanol–water partition coefficient (Wildman–Crippen LogP) is 5.01. The van der Waals surface area contributed by atoms with Gasteiger partial charge in [-0.25, -0.2) is 0 Å². The van der Waals surface area contributed by atoms with Gasteiger partial charge in [0.25, 0.3) is 0 Å². The predicted molar refractivity (Wildman–Crippen MR) is 79.3 cm³/mol. The maximum atomic E-state index is 10.7. The zero-order valence-corrected chi connectivity index (χ0v) is 12.5. The number of hydrogen-bond donors (Lipinski definition) is 0. The minimum Gasteiger partial charge on any atom is -0.258 e. The standard InChI is InChI=1S/C13H16BrNO2S/c14-8-12(11-4-2-1-3-5-11)6-10-7-13(15(16)17)18-9-10/h6-7,9,11H,1-5,8H2. The highest BCUT2D eigenvalue weighted by molar-refractivity contribution is 9.09. The summed E-state index contributed by atoms with van der Waals surface area (Å²) in [6.07, 6.45) is 8.58. The molecule has 1 aliphatic carbocycles. The zero-order chi connectivity index (χ0) is 13.0. The average Bonchev–Trinajstić information content (AvgIpc) is 2.86. The molecule has 0 aliphatic heterocycles. The molecule has 0 saturated heterocycles. The summed E-state index contributed by atoms with van der Waals surface area (Å²) in [6, 6.07) is 1.66. The number of alkyl halides is 1. The maximum absolute atomic E-state index is 10.7. The van der Waals surface area contributed by atoms with Crippen LogP contribution in [0.25, 0.3) is 6.08 Å². The van der Waals surface area contributed by atoms with E-state index in [2.05, 4.69) is 22.0 Å². The minimum absolute atomic E-state index is 0.221. The first-order valence-electron chi connectivity index (χ1n) is 6.20. The van der Waals surface area contributed by atoms with Crippen LogP contribution in [0.3, 0.4) is 0 Å². The zero-order valence-electron chi connectivity index (χ0n) is 10.1. The first kappa shape index (κ1) is 13.7. The van der Waals surface area contributed by atoms with Crippen LogP contribution in [0, 0.1) is 16.0 Å². The summed E-state index contributed by atoms with van der Waals surface area (Å²) in [7, 11) is 0. The van der Waals surface area contributed by atoms with E-state index in [1.807, 2.05) is 5.38 Å². The van der Waals surface area contributed by atoms with Crippen LogP contribution in [0.1, 0.15) is 37.7 Å². The fraction of sp³-hybridized carbons (Fsp3) is 0.538. The van der Waals surface area contributed by atoms with Crippen molar-refractivity contribution in [3.05, 3.63) is 32.7 Å². The van der Waals surface area contributed by atoms with Crippen LogP contribution < -0.4 is 0 Å². The van der Waals surface area contributed by atoms with Crippen molar-refractivity contribution in [2.45, 2.75) is 32.1 Å². The molecule has 0 radical (unpaired) electrons. The largest absolute Gasteiger partial charge is 0.324 e. The lowest BCUT2D eigenvalue weighted by molar-refractivity contribution is -0.380. The summed E-state index contributed by atoms with van der Waals surface area (Å²) in [4.78, 5) is 10.3. The van der Waals surface area contributed by atoms with Crippen molar-refractivity contribution < 1.29 is 4.92 Å². The Labute approximate surface area is 119 Å². The highest BCUT2D eigenvalue weighted by Crippen LogP contribution is 2.33. The topological polar surface area (TPSA) is 43.1 Å². The van der Waals surface area contributed by atoms with Gasteiger partial charge in [0.2, 0.25) is 0 Å². The Morgan fingerprint density at radius 1 is 1.50 bits per heavy atom. The monoisotopic (exact) mass is 329 g/mol. The van der Waals surface area contributed by atoms with Crippen LogP contribution in [-0.2, 0) is 0 Å². The van der Waals surface area contributed by atoms with Gasteiger partial charge in [-0.05, 0) is 24.3 Å². The summed E-state index contributed by atoms with van der Waals surface area (Å²) in [5, 5.41) is 13.6. The molecule has 1 aromatic heterocycles. The summed E-state index contributed by atoms with van der Waals surface area (Å²) in [5.41, 5.74) is 2.34. The van der Waals surface area contributed by atoms with E-state index in [1.165, 1.54) is 49.0 Å². The first-order chi connectivity index (χ1) is 8.70. The normalized spacial score (nSPS) is 17.9. The molecule has 0 N–H and O–H groups in total. The minimum atomic E-state index is -0.323. The molecule has 1 fully saturated rings. The third kappa shape index (κ3) is 3.42. The van der Waals surface area contributed by atoms with Gasteiger partial charge in [0.15, 0.2) is 0 Å². The van der Waals surface area contributed by atoms with Crippen LogP contribution in [0.2, 0.25) is 0 Å². The Morgan fingerprint density at radius 3 is 2.78 bits per heavy atom. The fourth-order valence-electron chi connectivity index (χ4n) is 2.46. The third-order valence-corrected chi connectivity index (χ3v) is 4.97. The van der Waals surface area contributed by atoms with E-state index in [0.29, 0.717) is 5.92 Å². The van der Waals surface area contributed by atoms with Gasteiger partial charge in [0.1, 0.15) is 0 Å². The Morgan fingerprint density at radius 2 is 2.22 bits per heavy atom. The molecular weight excluding hydrogens is 314 g/mol. The molecule has 2 rings (SSSR count). The Balaban J connectivity index is 2.14. The van der Waals surface area contributed by atoms with Crippen molar-refractivity contribution >= 4 is 38.3 Å². The van der Waals surface area contributed by atoms with E-state index in [4.69, 9.17) is 0 Å². The lowest BCUT2D eigenvalue weighted by atomic mass is 9.84. The number of nitro groups is 1. The van der Waals surface area contributed by atoms with Crippen LogP contribution in [0.5, 0.6) is 0 Å². The lowest BCUT2D eigenvalue weighted by Crippen LogP contribution is -2.09. The molecule has 0 bridgehead atoms. The number of thiophene rings is 1. The van der Waals surface area contributed by atoms with Crippen molar-refractivity contribution in [1.82, 2.24) is 0 Å². The molecule has 18 heavy (non-hydrogen) atoms. The Kier molecular flexibility index (Phi) is 4.95. The van der Waals surface area contributed by atoms with E-state index >= 15 is 0 Å². The highest BCUT2D eigenvalue weighted by Gasteiger charge is 2.17. The van der Waals surface area contributed by atoms with Gasteiger partial charge in [-0.15, -0.1) is 0 Å². The molecule has 1 saturated carbocycles. The first-order valence-corrected chi connectivity index (χ1v) is 8.20. The van der Waals surface area contributed by atoms with E-state index in [-0.39, 0.29) is 9.92 Å². The Bertz CT molecular complexity index is 450. The van der Waals surface area contributed by atoms with E-state index in [0.717, 1.165) is 10.9 Å². The second-order valence-corrected chi connectivity index (χ2v) is 6.11. The summed E-state index contributed by atoms with van der Waals surface area (Å²) >= 11 is 4.74. The SMILES string of the molecule is O=[N+]([O-])c1cc(C=C(CBr)C2CCCCC2)cs1. The van der Waals surface area contributed by atoms with Crippen molar-refractivity contribution in [2.24, 2.45) is 5.92 Å². The molecule has 0 aromatic carbocycles. The maximum Gasteiger partial charge on any atom is 0.324 e. The number of nitrogens with zero attached hydrogens (tertiary/aromatic N) is 1. The molecule has 5 heteroatoms. The Hall–Kier alpha value is -0.680.